The van der Waals surface area contributed by atoms with E-state index >= 15 is 0 Å². The minimum atomic E-state index is -0.422. The molecule has 0 radical (unpaired) electrons. The highest BCUT2D eigenvalue weighted by molar-refractivity contribution is 9.10. The van der Waals surface area contributed by atoms with Crippen LogP contribution in [0.5, 0.6) is 5.75 Å². The maximum atomic E-state index is 13.1. The molecule has 0 heterocycles. The van der Waals surface area contributed by atoms with E-state index in [4.69, 9.17) is 16.3 Å². The summed E-state index contributed by atoms with van der Waals surface area (Å²) in [6.45, 7) is 4.01. The normalized spacial score (nSPS) is 10.7. The summed E-state index contributed by atoms with van der Waals surface area (Å²) in [5.74, 6) is 0.369. The third-order valence-electron chi connectivity index (χ3n) is 2.98. The van der Waals surface area contributed by atoms with Crippen molar-refractivity contribution in [2.75, 3.05) is 6.54 Å². The maximum Gasteiger partial charge on any atom is 0.141 e. The zero-order valence-corrected chi connectivity index (χ0v) is 14.0. The molecule has 2 rings (SSSR count). The van der Waals surface area contributed by atoms with Crippen molar-refractivity contribution >= 4 is 27.5 Å². The van der Waals surface area contributed by atoms with E-state index in [2.05, 4.69) is 28.2 Å². The van der Waals surface area contributed by atoms with Crippen LogP contribution in [0.4, 0.5) is 4.39 Å². The molecule has 2 nitrogen and oxygen atoms in total. The minimum absolute atomic E-state index is 0.108. The Hall–Kier alpha value is -1.10. The van der Waals surface area contributed by atoms with Gasteiger partial charge in [0.05, 0.1) is 9.50 Å². The highest BCUT2D eigenvalue weighted by Gasteiger charge is 2.09. The van der Waals surface area contributed by atoms with Gasteiger partial charge < -0.3 is 10.1 Å². The molecule has 0 aromatic heterocycles. The van der Waals surface area contributed by atoms with Crippen LogP contribution in [0.2, 0.25) is 5.02 Å². The summed E-state index contributed by atoms with van der Waals surface area (Å²) in [5, 5.41) is 3.38. The molecule has 0 amide bonds. The molecule has 0 bridgehead atoms. The highest BCUT2D eigenvalue weighted by Crippen LogP contribution is 2.30. The van der Waals surface area contributed by atoms with Gasteiger partial charge in [0.2, 0.25) is 0 Å². The van der Waals surface area contributed by atoms with Crippen LogP contribution in [-0.4, -0.2) is 6.54 Å². The van der Waals surface area contributed by atoms with E-state index in [1.165, 1.54) is 6.07 Å². The van der Waals surface area contributed by atoms with E-state index in [0.29, 0.717) is 6.61 Å². The average molecular weight is 373 g/mol. The summed E-state index contributed by atoms with van der Waals surface area (Å²) in [4.78, 5) is 0. The standard InChI is InChI=1S/C16H16BrClFNO/c1-2-20-9-12-4-3-5-13(17)16(12)21-10-11-6-7-15(19)14(18)8-11/h3-8,20H,2,9-10H2,1H3. The molecule has 2 aromatic rings. The fourth-order valence-corrected chi connectivity index (χ4v) is 2.62. The first kappa shape index (κ1) is 16.3. The van der Waals surface area contributed by atoms with Crippen molar-refractivity contribution < 1.29 is 9.13 Å². The van der Waals surface area contributed by atoms with Crippen LogP contribution in [0.1, 0.15) is 18.1 Å². The van der Waals surface area contributed by atoms with Gasteiger partial charge in [-0.2, -0.15) is 0 Å². The lowest BCUT2D eigenvalue weighted by atomic mass is 10.2. The van der Waals surface area contributed by atoms with Crippen LogP contribution in [-0.2, 0) is 13.2 Å². The van der Waals surface area contributed by atoms with Gasteiger partial charge in [0, 0.05) is 12.1 Å². The lowest BCUT2D eigenvalue weighted by Gasteiger charge is -2.14. The zero-order valence-electron chi connectivity index (χ0n) is 11.6. The lowest BCUT2D eigenvalue weighted by molar-refractivity contribution is 0.300. The first-order valence-corrected chi connectivity index (χ1v) is 7.83. The van der Waals surface area contributed by atoms with Crippen LogP contribution in [0.25, 0.3) is 0 Å². The van der Waals surface area contributed by atoms with Gasteiger partial charge in [-0.15, -0.1) is 0 Å². The van der Waals surface area contributed by atoms with E-state index < -0.39 is 5.82 Å². The van der Waals surface area contributed by atoms with Crippen molar-refractivity contribution in [3.05, 3.63) is 62.8 Å². The third-order valence-corrected chi connectivity index (χ3v) is 3.90. The van der Waals surface area contributed by atoms with Gasteiger partial charge in [0.25, 0.3) is 0 Å². The molecule has 1 N–H and O–H groups in total. The summed E-state index contributed by atoms with van der Waals surface area (Å²) in [6.07, 6.45) is 0. The van der Waals surface area contributed by atoms with Crippen LogP contribution < -0.4 is 10.1 Å². The van der Waals surface area contributed by atoms with E-state index in [-0.39, 0.29) is 5.02 Å². The molecular formula is C16H16BrClFNO. The fourth-order valence-electron chi connectivity index (χ4n) is 1.90. The number of para-hydroxylation sites is 1. The summed E-state index contributed by atoms with van der Waals surface area (Å²) < 4.78 is 19.9. The monoisotopic (exact) mass is 371 g/mol. The summed E-state index contributed by atoms with van der Waals surface area (Å²) in [6, 6.07) is 10.5. The third kappa shape index (κ3) is 4.43. The molecule has 0 unspecified atom stereocenters. The number of rotatable bonds is 6. The molecule has 0 saturated heterocycles. The van der Waals surface area contributed by atoms with Gasteiger partial charge in [-0.25, -0.2) is 4.39 Å². The first-order valence-electron chi connectivity index (χ1n) is 6.66. The highest BCUT2D eigenvalue weighted by atomic mass is 79.9. The van der Waals surface area contributed by atoms with E-state index in [9.17, 15) is 4.39 Å². The Balaban J connectivity index is 2.13. The molecule has 0 aliphatic rings. The summed E-state index contributed by atoms with van der Waals surface area (Å²) in [5.41, 5.74) is 1.89. The zero-order chi connectivity index (χ0) is 15.2. The number of ether oxygens (including phenoxy) is 1. The molecule has 0 spiro atoms. The van der Waals surface area contributed by atoms with Crippen LogP contribution >= 0.6 is 27.5 Å². The SMILES string of the molecule is CCNCc1cccc(Br)c1OCc1ccc(F)c(Cl)c1. The van der Waals surface area contributed by atoms with Crippen molar-refractivity contribution in [3.63, 3.8) is 0 Å². The molecule has 21 heavy (non-hydrogen) atoms. The Morgan fingerprint density at radius 2 is 2.10 bits per heavy atom. The molecule has 0 aliphatic heterocycles. The molecule has 2 aromatic carbocycles. The van der Waals surface area contributed by atoms with Gasteiger partial charge in [0.1, 0.15) is 18.2 Å². The second kappa shape index (κ2) is 7.78. The Labute approximate surface area is 137 Å². The molecule has 0 aliphatic carbocycles. The summed E-state index contributed by atoms with van der Waals surface area (Å²) >= 11 is 9.28. The summed E-state index contributed by atoms with van der Waals surface area (Å²) in [7, 11) is 0. The van der Waals surface area contributed by atoms with Gasteiger partial charge in [0.15, 0.2) is 0 Å². The second-order valence-electron chi connectivity index (χ2n) is 4.55. The number of benzene rings is 2. The van der Waals surface area contributed by atoms with Gasteiger partial charge >= 0.3 is 0 Å². The quantitative estimate of drug-likeness (QED) is 0.776. The molecule has 0 fully saturated rings. The van der Waals surface area contributed by atoms with Gasteiger partial charge in [-0.1, -0.05) is 36.7 Å². The Morgan fingerprint density at radius 1 is 1.29 bits per heavy atom. The predicted octanol–water partition coefficient (Wildman–Crippen LogP) is 4.93. The Morgan fingerprint density at radius 3 is 2.81 bits per heavy atom. The largest absolute Gasteiger partial charge is 0.487 e. The first-order chi connectivity index (χ1) is 10.1. The lowest BCUT2D eigenvalue weighted by Crippen LogP contribution is -2.13. The van der Waals surface area contributed by atoms with Crippen LogP contribution in [0, 0.1) is 5.82 Å². The molecule has 5 heteroatoms. The number of hydrogen-bond donors (Lipinski definition) is 1. The molecule has 112 valence electrons. The predicted molar refractivity (Wildman–Crippen MR) is 87.3 cm³/mol. The van der Waals surface area contributed by atoms with E-state index in [1.807, 2.05) is 18.2 Å². The van der Waals surface area contributed by atoms with Gasteiger partial charge in [-0.3, -0.25) is 0 Å². The Kier molecular flexibility index (Phi) is 6.03. The van der Waals surface area contributed by atoms with E-state index in [1.54, 1.807) is 12.1 Å². The van der Waals surface area contributed by atoms with E-state index in [0.717, 1.165) is 34.4 Å². The molecule has 0 saturated carbocycles. The minimum Gasteiger partial charge on any atom is -0.487 e. The van der Waals surface area contributed by atoms with Crippen molar-refractivity contribution in [2.24, 2.45) is 0 Å². The Bertz CT molecular complexity index is 621. The number of halogens is 3. The average Bonchev–Trinajstić information content (AvgIpc) is 2.47. The number of hydrogen-bond acceptors (Lipinski definition) is 2. The second-order valence-corrected chi connectivity index (χ2v) is 5.81. The van der Waals surface area contributed by atoms with Crippen molar-refractivity contribution in [1.29, 1.82) is 0 Å². The van der Waals surface area contributed by atoms with Gasteiger partial charge in [-0.05, 0) is 46.2 Å². The molecule has 0 atom stereocenters. The molecular weight excluding hydrogens is 357 g/mol. The maximum absolute atomic E-state index is 13.1. The fraction of sp³-hybridized carbons (Fsp3) is 0.250. The van der Waals surface area contributed by atoms with Crippen molar-refractivity contribution in [1.82, 2.24) is 5.32 Å². The smallest absolute Gasteiger partial charge is 0.141 e. The van der Waals surface area contributed by atoms with Crippen molar-refractivity contribution in [3.8, 4) is 5.75 Å². The number of nitrogens with one attached hydrogen (secondary N) is 1. The topological polar surface area (TPSA) is 21.3 Å². The van der Waals surface area contributed by atoms with Crippen molar-refractivity contribution in [2.45, 2.75) is 20.1 Å². The van der Waals surface area contributed by atoms with Crippen LogP contribution in [0.15, 0.2) is 40.9 Å². The van der Waals surface area contributed by atoms with Crippen LogP contribution in [0.3, 0.4) is 0 Å².